The Labute approximate surface area is 149 Å². The Bertz CT molecular complexity index is 699. The molecule has 6 heteroatoms. The molecule has 1 aromatic heterocycles. The lowest BCUT2D eigenvalue weighted by Crippen LogP contribution is -2.29. The molecule has 0 fully saturated rings. The Morgan fingerprint density at radius 2 is 1.88 bits per heavy atom. The number of carbonyl (C=O) groups is 1. The van der Waals surface area contributed by atoms with E-state index in [1.54, 1.807) is 20.2 Å². The van der Waals surface area contributed by atoms with E-state index in [1.165, 1.54) is 0 Å². The zero-order valence-electron chi connectivity index (χ0n) is 15.7. The van der Waals surface area contributed by atoms with Crippen LogP contribution in [0.25, 0.3) is 0 Å². The Morgan fingerprint density at radius 3 is 2.44 bits per heavy atom. The number of carbonyl (C=O) groups excluding carboxylic acids is 1. The highest BCUT2D eigenvalue weighted by atomic mass is 16.3. The zero-order chi connectivity index (χ0) is 18.6. The predicted octanol–water partition coefficient (Wildman–Crippen LogP) is 3.05. The van der Waals surface area contributed by atoms with Crippen molar-refractivity contribution in [2.24, 2.45) is 0 Å². The third-order valence-corrected chi connectivity index (χ3v) is 4.13. The number of nitrogens with one attached hydrogen (secondary N) is 1. The monoisotopic (exact) mass is 344 g/mol. The highest BCUT2D eigenvalue weighted by Crippen LogP contribution is 2.16. The molecule has 6 nitrogen and oxygen atoms in total. The van der Waals surface area contributed by atoms with Crippen LogP contribution in [0, 0.1) is 0 Å². The number of aliphatic hydroxyl groups is 1. The highest BCUT2D eigenvalue weighted by Gasteiger charge is 2.18. The lowest BCUT2D eigenvalue weighted by molar-refractivity contribution is 0.0713. The minimum absolute atomic E-state index is 0.139. The molecule has 0 radical (unpaired) electrons. The number of rotatable bonds is 7. The molecule has 0 saturated heterocycles. The van der Waals surface area contributed by atoms with Gasteiger partial charge in [0.1, 0.15) is 6.33 Å². The molecule has 2 aromatic rings. The number of aromatic nitrogens is 3. The minimum Gasteiger partial charge on any atom is -0.390 e. The molecule has 0 aliphatic rings. The fraction of sp³-hybridized carbons (Fsp3) is 0.526. The van der Waals surface area contributed by atoms with Crippen LogP contribution in [0.15, 0.2) is 30.6 Å². The summed E-state index contributed by atoms with van der Waals surface area (Å²) in [6.07, 6.45) is 3.14. The summed E-state index contributed by atoms with van der Waals surface area (Å²) in [4.78, 5) is 12.5. The van der Waals surface area contributed by atoms with Gasteiger partial charge >= 0.3 is 0 Å². The third kappa shape index (κ3) is 5.39. The van der Waals surface area contributed by atoms with E-state index in [0.29, 0.717) is 12.0 Å². The maximum atomic E-state index is 12.5. The Morgan fingerprint density at radius 1 is 1.24 bits per heavy atom. The van der Waals surface area contributed by atoms with Crippen LogP contribution in [0.1, 0.15) is 74.9 Å². The number of benzene rings is 1. The van der Waals surface area contributed by atoms with Crippen molar-refractivity contribution >= 4 is 5.91 Å². The molecule has 25 heavy (non-hydrogen) atoms. The number of hydrogen-bond donors (Lipinski definition) is 2. The highest BCUT2D eigenvalue weighted by molar-refractivity contribution is 5.94. The summed E-state index contributed by atoms with van der Waals surface area (Å²) in [5, 5.41) is 20.8. The number of aryl methyl sites for hydroxylation is 1. The van der Waals surface area contributed by atoms with Gasteiger partial charge in [0.15, 0.2) is 5.82 Å². The van der Waals surface area contributed by atoms with Crippen molar-refractivity contribution < 1.29 is 9.90 Å². The molecule has 2 N–H and O–H groups in total. The molecule has 1 atom stereocenters. The van der Waals surface area contributed by atoms with Gasteiger partial charge in [-0.15, -0.1) is 10.2 Å². The van der Waals surface area contributed by atoms with Crippen molar-refractivity contribution in [2.75, 3.05) is 0 Å². The van der Waals surface area contributed by atoms with Crippen LogP contribution in [0.4, 0.5) is 0 Å². The van der Waals surface area contributed by atoms with Gasteiger partial charge in [0, 0.05) is 11.6 Å². The van der Waals surface area contributed by atoms with E-state index in [1.807, 2.05) is 49.6 Å². The quantitative estimate of drug-likeness (QED) is 0.809. The molecule has 1 amide bonds. The van der Waals surface area contributed by atoms with Crippen LogP contribution >= 0.6 is 0 Å². The molecular weight excluding hydrogens is 316 g/mol. The van der Waals surface area contributed by atoms with Crippen LogP contribution in [0.2, 0.25) is 0 Å². The van der Waals surface area contributed by atoms with E-state index in [9.17, 15) is 9.90 Å². The summed E-state index contributed by atoms with van der Waals surface area (Å²) in [6, 6.07) is 7.50. The van der Waals surface area contributed by atoms with Crippen molar-refractivity contribution in [2.45, 2.75) is 65.1 Å². The second-order valence-electron chi connectivity index (χ2n) is 7.39. The van der Waals surface area contributed by atoms with Gasteiger partial charge in [-0.2, -0.15) is 0 Å². The van der Waals surface area contributed by atoms with Gasteiger partial charge in [-0.25, -0.2) is 0 Å². The van der Waals surface area contributed by atoms with E-state index in [4.69, 9.17) is 0 Å². The summed E-state index contributed by atoms with van der Waals surface area (Å²) < 4.78 is 1.95. The van der Waals surface area contributed by atoms with Crippen molar-refractivity contribution in [3.8, 4) is 0 Å². The van der Waals surface area contributed by atoms with E-state index >= 15 is 0 Å². The van der Waals surface area contributed by atoms with Crippen LogP contribution in [0.5, 0.6) is 0 Å². The van der Waals surface area contributed by atoms with Crippen LogP contribution in [-0.2, 0) is 6.42 Å². The van der Waals surface area contributed by atoms with E-state index in [0.717, 1.165) is 17.8 Å². The Hall–Kier alpha value is -2.21. The summed E-state index contributed by atoms with van der Waals surface area (Å²) >= 11 is 0. The molecule has 0 saturated carbocycles. The smallest absolute Gasteiger partial charge is 0.251 e. The first kappa shape index (κ1) is 19.1. The molecule has 0 unspecified atom stereocenters. The topological polar surface area (TPSA) is 80.0 Å². The molecule has 0 aliphatic carbocycles. The van der Waals surface area contributed by atoms with E-state index in [2.05, 4.69) is 15.5 Å². The SMILES string of the molecule is CC(C)n1cnnc1[C@H](C)NC(=O)c1ccc(CCC(C)(C)O)cc1. The third-order valence-electron chi connectivity index (χ3n) is 4.13. The molecule has 0 spiro atoms. The van der Waals surface area contributed by atoms with Crippen molar-refractivity contribution in [3.05, 3.63) is 47.5 Å². The second kappa shape index (κ2) is 7.78. The molecule has 1 aromatic carbocycles. The fourth-order valence-electron chi connectivity index (χ4n) is 2.58. The molecule has 0 bridgehead atoms. The Kier molecular flexibility index (Phi) is 5.95. The average Bonchev–Trinajstić information content (AvgIpc) is 3.02. The first-order valence-corrected chi connectivity index (χ1v) is 8.69. The lowest BCUT2D eigenvalue weighted by atomic mass is 9.98. The van der Waals surface area contributed by atoms with Crippen LogP contribution in [-0.4, -0.2) is 31.4 Å². The normalized spacial score (nSPS) is 13.1. The molecule has 2 rings (SSSR count). The summed E-state index contributed by atoms with van der Waals surface area (Å²) in [5.41, 5.74) is 1.03. The van der Waals surface area contributed by atoms with Crippen molar-refractivity contribution in [1.82, 2.24) is 20.1 Å². The molecule has 0 aliphatic heterocycles. The van der Waals surface area contributed by atoms with Gasteiger partial charge < -0.3 is 15.0 Å². The van der Waals surface area contributed by atoms with E-state index < -0.39 is 5.60 Å². The number of hydrogen-bond acceptors (Lipinski definition) is 4. The second-order valence-corrected chi connectivity index (χ2v) is 7.39. The van der Waals surface area contributed by atoms with Gasteiger partial charge in [0.2, 0.25) is 0 Å². The van der Waals surface area contributed by atoms with Crippen molar-refractivity contribution in [1.29, 1.82) is 0 Å². The Balaban J connectivity index is 1.99. The van der Waals surface area contributed by atoms with Gasteiger partial charge in [-0.1, -0.05) is 12.1 Å². The van der Waals surface area contributed by atoms with Crippen LogP contribution < -0.4 is 5.32 Å². The minimum atomic E-state index is -0.683. The number of nitrogens with zero attached hydrogens (tertiary/aromatic N) is 3. The maximum Gasteiger partial charge on any atom is 0.251 e. The standard InChI is InChI=1S/C19H28N4O2/c1-13(2)23-12-20-22-17(23)14(3)21-18(24)16-8-6-15(7-9-16)10-11-19(4,5)25/h6-9,12-14,25H,10-11H2,1-5H3,(H,21,24)/t14-/m0/s1. The molecular formula is C19H28N4O2. The van der Waals surface area contributed by atoms with Crippen molar-refractivity contribution in [3.63, 3.8) is 0 Å². The summed E-state index contributed by atoms with van der Waals surface area (Å²) in [7, 11) is 0. The van der Waals surface area contributed by atoms with E-state index in [-0.39, 0.29) is 18.0 Å². The van der Waals surface area contributed by atoms with Crippen LogP contribution in [0.3, 0.4) is 0 Å². The zero-order valence-corrected chi connectivity index (χ0v) is 15.7. The molecule has 136 valence electrons. The first-order valence-electron chi connectivity index (χ1n) is 8.69. The lowest BCUT2D eigenvalue weighted by Gasteiger charge is -2.17. The van der Waals surface area contributed by atoms with Gasteiger partial charge in [-0.3, -0.25) is 4.79 Å². The number of amides is 1. The summed E-state index contributed by atoms with van der Waals surface area (Å²) in [5.74, 6) is 0.602. The summed E-state index contributed by atoms with van der Waals surface area (Å²) in [6.45, 7) is 9.60. The van der Waals surface area contributed by atoms with Gasteiger partial charge in [-0.05, 0) is 65.2 Å². The predicted molar refractivity (Wildman–Crippen MR) is 97.3 cm³/mol. The first-order chi connectivity index (χ1) is 11.7. The fourth-order valence-corrected chi connectivity index (χ4v) is 2.58. The van der Waals surface area contributed by atoms with Gasteiger partial charge in [0.25, 0.3) is 5.91 Å². The largest absolute Gasteiger partial charge is 0.390 e. The maximum absolute atomic E-state index is 12.5. The molecule has 1 heterocycles. The average molecular weight is 344 g/mol. The van der Waals surface area contributed by atoms with Gasteiger partial charge in [0.05, 0.1) is 11.6 Å².